The summed E-state index contributed by atoms with van der Waals surface area (Å²) in [6, 6.07) is 15.3. The second-order valence-corrected chi connectivity index (χ2v) is 5.96. The Kier molecular flexibility index (Phi) is 3.72. The Balaban J connectivity index is 2.40. The molecule has 1 heteroatoms. The van der Waals surface area contributed by atoms with Gasteiger partial charge in [0.2, 0.25) is 0 Å². The van der Waals surface area contributed by atoms with Crippen LogP contribution in [0.2, 0.25) is 0 Å². The maximum Gasteiger partial charge on any atom is -0.00165 e. The first kappa shape index (κ1) is 13.1. The van der Waals surface area contributed by atoms with E-state index in [0.717, 1.165) is 6.54 Å². The van der Waals surface area contributed by atoms with Gasteiger partial charge in [0.15, 0.2) is 0 Å². The Morgan fingerprint density at radius 3 is 2.33 bits per heavy atom. The minimum Gasteiger partial charge on any atom is -0.309 e. The molecule has 0 saturated heterocycles. The summed E-state index contributed by atoms with van der Waals surface area (Å²) in [6.07, 6.45) is 1.17. The van der Waals surface area contributed by atoms with Gasteiger partial charge in [0.1, 0.15) is 0 Å². The fraction of sp³-hybridized carbons (Fsp3) is 0.412. The van der Waals surface area contributed by atoms with E-state index >= 15 is 0 Å². The van der Waals surface area contributed by atoms with E-state index in [-0.39, 0.29) is 5.41 Å². The van der Waals surface area contributed by atoms with Crippen molar-refractivity contribution in [3.63, 3.8) is 0 Å². The van der Waals surface area contributed by atoms with Crippen molar-refractivity contribution < 1.29 is 0 Å². The molecule has 0 radical (unpaired) electrons. The molecule has 0 spiro atoms. The smallest absolute Gasteiger partial charge is 0.00165 e. The van der Waals surface area contributed by atoms with Crippen molar-refractivity contribution in [3.8, 4) is 0 Å². The summed E-state index contributed by atoms with van der Waals surface area (Å²) >= 11 is 0. The first-order valence-corrected chi connectivity index (χ1v) is 6.64. The van der Waals surface area contributed by atoms with E-state index in [0.29, 0.717) is 0 Å². The molecular weight excluding hydrogens is 218 g/mol. The summed E-state index contributed by atoms with van der Waals surface area (Å²) < 4.78 is 0. The molecule has 0 fully saturated rings. The van der Waals surface area contributed by atoms with Crippen LogP contribution >= 0.6 is 0 Å². The molecular formula is C17H23N. The number of hydrogen-bond acceptors (Lipinski definition) is 1. The molecule has 2 aromatic rings. The third-order valence-corrected chi connectivity index (χ3v) is 3.70. The number of fused-ring (bicyclic) bond motifs is 1. The molecule has 0 atom stereocenters. The van der Waals surface area contributed by atoms with Crippen LogP contribution in [0.15, 0.2) is 42.5 Å². The molecule has 0 aromatic heterocycles. The summed E-state index contributed by atoms with van der Waals surface area (Å²) in [4.78, 5) is 2.26. The third-order valence-electron chi connectivity index (χ3n) is 3.70. The zero-order valence-corrected chi connectivity index (χ0v) is 11.9. The van der Waals surface area contributed by atoms with Crippen LogP contribution in [0.25, 0.3) is 10.8 Å². The molecule has 1 nitrogen and oxygen atoms in total. The first-order chi connectivity index (χ1) is 8.50. The van der Waals surface area contributed by atoms with Crippen molar-refractivity contribution in [2.45, 2.75) is 25.7 Å². The predicted octanol–water partition coefficient (Wildman–Crippen LogP) is 4.07. The highest BCUT2D eigenvalue weighted by Crippen LogP contribution is 2.32. The van der Waals surface area contributed by atoms with Gasteiger partial charge in [-0.25, -0.2) is 0 Å². The van der Waals surface area contributed by atoms with Crippen molar-refractivity contribution >= 4 is 10.8 Å². The largest absolute Gasteiger partial charge is 0.309 e. The number of hydrogen-bond donors (Lipinski definition) is 0. The van der Waals surface area contributed by atoms with Gasteiger partial charge in [0, 0.05) is 0 Å². The molecule has 0 aliphatic heterocycles. The molecule has 0 bridgehead atoms. The highest BCUT2D eigenvalue weighted by Gasteiger charge is 2.22. The van der Waals surface area contributed by atoms with Gasteiger partial charge >= 0.3 is 0 Å². The lowest BCUT2D eigenvalue weighted by atomic mass is 9.79. The van der Waals surface area contributed by atoms with Crippen LogP contribution < -0.4 is 0 Å². The SMILES string of the molecule is CN(C)CCC(C)(C)c1cccc2ccccc12. The molecule has 18 heavy (non-hydrogen) atoms. The highest BCUT2D eigenvalue weighted by atomic mass is 15.0. The Hall–Kier alpha value is -1.34. The predicted molar refractivity (Wildman–Crippen MR) is 80.1 cm³/mol. The van der Waals surface area contributed by atoms with Crippen LogP contribution in [0.3, 0.4) is 0 Å². The molecule has 0 heterocycles. The molecule has 0 aliphatic rings. The zero-order valence-electron chi connectivity index (χ0n) is 11.9. The van der Waals surface area contributed by atoms with E-state index in [4.69, 9.17) is 0 Å². The van der Waals surface area contributed by atoms with E-state index in [1.807, 2.05) is 0 Å². The number of rotatable bonds is 4. The van der Waals surface area contributed by atoms with E-state index in [2.05, 4.69) is 75.3 Å². The van der Waals surface area contributed by atoms with Gasteiger partial charge in [0.05, 0.1) is 0 Å². The third kappa shape index (κ3) is 2.73. The second kappa shape index (κ2) is 5.11. The van der Waals surface area contributed by atoms with Gasteiger partial charge in [-0.3, -0.25) is 0 Å². The zero-order chi connectivity index (χ0) is 13.2. The second-order valence-electron chi connectivity index (χ2n) is 5.96. The molecule has 96 valence electrons. The van der Waals surface area contributed by atoms with Gasteiger partial charge in [-0.05, 0) is 48.8 Å². The fourth-order valence-electron chi connectivity index (χ4n) is 2.45. The summed E-state index contributed by atoms with van der Waals surface area (Å²) in [7, 11) is 4.28. The highest BCUT2D eigenvalue weighted by molar-refractivity contribution is 5.86. The van der Waals surface area contributed by atoms with Gasteiger partial charge in [-0.1, -0.05) is 56.3 Å². The maximum atomic E-state index is 2.35. The topological polar surface area (TPSA) is 3.24 Å². The fourth-order valence-corrected chi connectivity index (χ4v) is 2.45. The quantitative estimate of drug-likeness (QED) is 0.780. The standard InChI is InChI=1S/C17H23N/c1-17(2,12-13-18(3)4)16-11-7-9-14-8-5-6-10-15(14)16/h5-11H,12-13H2,1-4H3. The van der Waals surface area contributed by atoms with Crippen LogP contribution in [0, 0.1) is 0 Å². The van der Waals surface area contributed by atoms with Crippen molar-refractivity contribution in [3.05, 3.63) is 48.0 Å². The summed E-state index contributed by atoms with van der Waals surface area (Å²) in [5, 5.41) is 2.73. The molecule has 0 unspecified atom stereocenters. The molecule has 0 N–H and O–H groups in total. The van der Waals surface area contributed by atoms with Crippen LogP contribution in [-0.2, 0) is 5.41 Å². The summed E-state index contributed by atoms with van der Waals surface area (Å²) in [6.45, 7) is 5.81. The Bertz CT molecular complexity index is 521. The molecule has 0 aliphatic carbocycles. The normalized spacial score (nSPS) is 12.3. The van der Waals surface area contributed by atoms with Crippen molar-refractivity contribution in [2.75, 3.05) is 20.6 Å². The van der Waals surface area contributed by atoms with E-state index in [9.17, 15) is 0 Å². The van der Waals surface area contributed by atoms with Gasteiger partial charge in [-0.2, -0.15) is 0 Å². The monoisotopic (exact) mass is 241 g/mol. The van der Waals surface area contributed by atoms with E-state index in [1.165, 1.54) is 22.8 Å². The Morgan fingerprint density at radius 1 is 0.944 bits per heavy atom. The number of benzene rings is 2. The van der Waals surface area contributed by atoms with E-state index < -0.39 is 0 Å². The lowest BCUT2D eigenvalue weighted by Gasteiger charge is -2.28. The molecule has 0 amide bonds. The van der Waals surface area contributed by atoms with Crippen molar-refractivity contribution in [1.82, 2.24) is 4.90 Å². The molecule has 0 saturated carbocycles. The Morgan fingerprint density at radius 2 is 1.61 bits per heavy atom. The first-order valence-electron chi connectivity index (χ1n) is 6.64. The summed E-state index contributed by atoms with van der Waals surface area (Å²) in [5.41, 5.74) is 1.67. The van der Waals surface area contributed by atoms with Crippen LogP contribution in [0.5, 0.6) is 0 Å². The number of nitrogens with zero attached hydrogens (tertiary/aromatic N) is 1. The van der Waals surface area contributed by atoms with Crippen LogP contribution in [-0.4, -0.2) is 25.5 Å². The van der Waals surface area contributed by atoms with Crippen LogP contribution in [0.1, 0.15) is 25.8 Å². The molecule has 2 aromatic carbocycles. The maximum absolute atomic E-state index is 2.35. The summed E-state index contributed by atoms with van der Waals surface area (Å²) in [5.74, 6) is 0. The van der Waals surface area contributed by atoms with Gasteiger partial charge in [-0.15, -0.1) is 0 Å². The van der Waals surface area contributed by atoms with Crippen molar-refractivity contribution in [1.29, 1.82) is 0 Å². The van der Waals surface area contributed by atoms with Gasteiger partial charge < -0.3 is 4.90 Å². The van der Waals surface area contributed by atoms with Crippen molar-refractivity contribution in [2.24, 2.45) is 0 Å². The van der Waals surface area contributed by atoms with Crippen LogP contribution in [0.4, 0.5) is 0 Å². The lowest BCUT2D eigenvalue weighted by Crippen LogP contribution is -2.25. The lowest BCUT2D eigenvalue weighted by molar-refractivity contribution is 0.344. The minimum atomic E-state index is 0.213. The van der Waals surface area contributed by atoms with E-state index in [1.54, 1.807) is 0 Å². The minimum absolute atomic E-state index is 0.213. The average molecular weight is 241 g/mol. The average Bonchev–Trinajstić information content (AvgIpc) is 2.36. The van der Waals surface area contributed by atoms with Gasteiger partial charge in [0.25, 0.3) is 0 Å². The molecule has 2 rings (SSSR count). The Labute approximate surface area is 110 Å².